The Kier molecular flexibility index (Phi) is 7.15. The Balaban J connectivity index is 1.61. The summed E-state index contributed by atoms with van der Waals surface area (Å²) in [6, 6.07) is 18.8. The van der Waals surface area contributed by atoms with Gasteiger partial charge in [-0.25, -0.2) is 8.42 Å². The number of benzene rings is 3. The molecule has 0 bridgehead atoms. The van der Waals surface area contributed by atoms with Crippen molar-refractivity contribution in [3.8, 4) is 0 Å². The largest absolute Gasteiger partial charge is 0.416 e. The topological polar surface area (TPSA) is 75.3 Å². The van der Waals surface area contributed by atoms with Crippen LogP contribution in [0, 0.1) is 0 Å². The number of rotatable bonds is 7. The van der Waals surface area contributed by atoms with Crippen molar-refractivity contribution in [2.24, 2.45) is 0 Å². The van der Waals surface area contributed by atoms with Crippen molar-refractivity contribution in [1.29, 1.82) is 0 Å². The smallest absolute Gasteiger partial charge is 0.325 e. The molecule has 0 radical (unpaired) electrons. The number of anilines is 2. The quantitative estimate of drug-likeness (QED) is 0.430. The van der Waals surface area contributed by atoms with Crippen molar-refractivity contribution >= 4 is 39.1 Å². The lowest BCUT2D eigenvalue weighted by Crippen LogP contribution is -2.22. The zero-order valence-corrected chi connectivity index (χ0v) is 18.4. The normalized spacial score (nSPS) is 12.8. The van der Waals surface area contributed by atoms with Crippen molar-refractivity contribution in [2.75, 3.05) is 10.0 Å². The van der Waals surface area contributed by atoms with Crippen molar-refractivity contribution in [2.45, 2.75) is 28.1 Å². The van der Waals surface area contributed by atoms with Crippen LogP contribution in [0.5, 0.6) is 0 Å². The Morgan fingerprint density at radius 2 is 1.56 bits per heavy atom. The summed E-state index contributed by atoms with van der Waals surface area (Å²) in [5.74, 6) is -0.455. The second-order valence-corrected chi connectivity index (χ2v) is 9.87. The summed E-state index contributed by atoms with van der Waals surface area (Å²) in [7, 11) is -3.71. The molecule has 32 heavy (non-hydrogen) atoms. The molecule has 1 amide bonds. The van der Waals surface area contributed by atoms with Crippen LogP contribution in [0.2, 0.25) is 0 Å². The first kappa shape index (κ1) is 23.7. The zero-order valence-electron chi connectivity index (χ0n) is 16.8. The number of halogens is 3. The minimum absolute atomic E-state index is 0.0583. The van der Waals surface area contributed by atoms with Gasteiger partial charge in [-0.05, 0) is 61.5 Å². The van der Waals surface area contributed by atoms with E-state index in [0.717, 1.165) is 12.1 Å². The number of carbonyl (C=O) groups is 1. The molecule has 1 unspecified atom stereocenters. The number of carbonyl (C=O) groups excluding carboxylic acids is 1. The minimum atomic E-state index is -4.50. The molecule has 10 heteroatoms. The number of sulfonamides is 1. The van der Waals surface area contributed by atoms with E-state index in [0.29, 0.717) is 10.6 Å². The lowest BCUT2D eigenvalue weighted by atomic mass is 10.2. The summed E-state index contributed by atoms with van der Waals surface area (Å²) in [6.07, 6.45) is -4.50. The molecule has 0 aliphatic carbocycles. The Bertz CT molecular complexity index is 1180. The molecule has 2 N–H and O–H groups in total. The highest BCUT2D eigenvalue weighted by atomic mass is 32.2. The van der Waals surface area contributed by atoms with Crippen molar-refractivity contribution in [1.82, 2.24) is 0 Å². The average molecular weight is 481 g/mol. The van der Waals surface area contributed by atoms with Gasteiger partial charge < -0.3 is 5.32 Å². The van der Waals surface area contributed by atoms with Crippen LogP contribution < -0.4 is 10.0 Å². The molecule has 3 aromatic carbocycles. The monoisotopic (exact) mass is 480 g/mol. The Morgan fingerprint density at radius 1 is 0.906 bits per heavy atom. The number of amides is 1. The van der Waals surface area contributed by atoms with Crippen molar-refractivity contribution in [3.05, 3.63) is 84.4 Å². The standard InChI is InChI=1S/C22H19F3N2O3S2/c1-15(21(28)26-18-7-5-6-16(14-18)22(23,24)25)31-19-12-10-17(11-13-19)27-32(29,30)20-8-3-2-4-9-20/h2-15,27H,1H3,(H,26,28). The van der Waals surface area contributed by atoms with E-state index >= 15 is 0 Å². The van der Waals surface area contributed by atoms with Crippen LogP contribution in [-0.2, 0) is 21.0 Å². The maximum atomic E-state index is 12.8. The van der Waals surface area contributed by atoms with E-state index < -0.39 is 32.9 Å². The molecule has 0 fully saturated rings. The van der Waals surface area contributed by atoms with Crippen molar-refractivity contribution < 1.29 is 26.4 Å². The van der Waals surface area contributed by atoms with Gasteiger partial charge in [0.25, 0.3) is 10.0 Å². The van der Waals surface area contributed by atoms with Gasteiger partial charge in [0.15, 0.2) is 0 Å². The lowest BCUT2D eigenvalue weighted by Gasteiger charge is -2.14. The summed E-state index contributed by atoms with van der Waals surface area (Å²) in [5, 5.41) is 1.88. The van der Waals surface area contributed by atoms with E-state index in [9.17, 15) is 26.4 Å². The van der Waals surface area contributed by atoms with Gasteiger partial charge in [-0.15, -0.1) is 11.8 Å². The van der Waals surface area contributed by atoms with Gasteiger partial charge in [0, 0.05) is 16.3 Å². The predicted molar refractivity (Wildman–Crippen MR) is 119 cm³/mol. The minimum Gasteiger partial charge on any atom is -0.325 e. The maximum Gasteiger partial charge on any atom is 0.416 e. The zero-order chi connectivity index (χ0) is 23.4. The molecule has 0 saturated carbocycles. The average Bonchev–Trinajstić information content (AvgIpc) is 2.75. The van der Waals surface area contributed by atoms with Crippen LogP contribution in [0.15, 0.2) is 88.7 Å². The number of hydrogen-bond donors (Lipinski definition) is 2. The van der Waals surface area contributed by atoms with Crippen LogP contribution >= 0.6 is 11.8 Å². The third kappa shape index (κ3) is 6.27. The number of alkyl halides is 3. The highest BCUT2D eigenvalue weighted by molar-refractivity contribution is 8.00. The van der Waals surface area contributed by atoms with E-state index in [1.807, 2.05) is 0 Å². The molecule has 168 valence electrons. The van der Waals surface area contributed by atoms with Crippen LogP contribution in [0.4, 0.5) is 24.5 Å². The van der Waals surface area contributed by atoms with Gasteiger partial charge in [0.1, 0.15) is 0 Å². The first-order valence-electron chi connectivity index (χ1n) is 9.37. The predicted octanol–water partition coefficient (Wildman–Crippen LogP) is 5.63. The van der Waals surface area contributed by atoms with E-state index in [1.165, 1.54) is 36.0 Å². The summed E-state index contributed by atoms with van der Waals surface area (Å²) >= 11 is 1.19. The van der Waals surface area contributed by atoms with E-state index in [1.54, 1.807) is 49.4 Å². The molecule has 5 nitrogen and oxygen atoms in total. The van der Waals surface area contributed by atoms with Gasteiger partial charge in [-0.2, -0.15) is 13.2 Å². The van der Waals surface area contributed by atoms with Gasteiger partial charge in [0.2, 0.25) is 5.91 Å². The second-order valence-electron chi connectivity index (χ2n) is 6.77. The van der Waals surface area contributed by atoms with Gasteiger partial charge in [0.05, 0.1) is 15.7 Å². The van der Waals surface area contributed by atoms with Gasteiger partial charge in [-0.1, -0.05) is 24.3 Å². The molecule has 0 saturated heterocycles. The number of thioether (sulfide) groups is 1. The Labute approximate surface area is 188 Å². The first-order valence-corrected chi connectivity index (χ1v) is 11.7. The maximum absolute atomic E-state index is 12.8. The summed E-state index contributed by atoms with van der Waals surface area (Å²) < 4.78 is 65.7. The Hall–Kier alpha value is -2.98. The Morgan fingerprint density at radius 3 is 2.19 bits per heavy atom. The number of hydrogen-bond acceptors (Lipinski definition) is 4. The second kappa shape index (κ2) is 9.66. The van der Waals surface area contributed by atoms with Gasteiger partial charge in [-0.3, -0.25) is 9.52 Å². The number of nitrogens with one attached hydrogen (secondary N) is 2. The van der Waals surface area contributed by atoms with Crippen LogP contribution in [-0.4, -0.2) is 19.6 Å². The highest BCUT2D eigenvalue weighted by Crippen LogP contribution is 2.31. The third-order valence-corrected chi connectivity index (χ3v) is 6.81. The molecular formula is C22H19F3N2O3S2. The first-order chi connectivity index (χ1) is 15.0. The summed E-state index contributed by atoms with van der Waals surface area (Å²) in [5.41, 5.74) is -0.425. The summed E-state index contributed by atoms with van der Waals surface area (Å²) in [4.78, 5) is 13.2. The van der Waals surface area contributed by atoms with Crippen LogP contribution in [0.25, 0.3) is 0 Å². The third-order valence-electron chi connectivity index (χ3n) is 4.30. The molecule has 0 aliphatic rings. The molecule has 3 rings (SSSR count). The van der Waals surface area contributed by atoms with E-state index in [4.69, 9.17) is 0 Å². The fourth-order valence-corrected chi connectivity index (χ4v) is 4.64. The molecule has 1 atom stereocenters. The SMILES string of the molecule is CC(Sc1ccc(NS(=O)(=O)c2ccccc2)cc1)C(=O)Nc1cccc(C(F)(F)F)c1. The van der Waals surface area contributed by atoms with E-state index in [2.05, 4.69) is 10.0 Å². The molecule has 0 aliphatic heterocycles. The van der Waals surface area contributed by atoms with Gasteiger partial charge >= 0.3 is 6.18 Å². The molecular weight excluding hydrogens is 461 g/mol. The molecule has 0 spiro atoms. The van der Waals surface area contributed by atoms with E-state index in [-0.39, 0.29) is 10.6 Å². The molecule has 0 heterocycles. The lowest BCUT2D eigenvalue weighted by molar-refractivity contribution is -0.137. The van der Waals surface area contributed by atoms with Crippen LogP contribution in [0.1, 0.15) is 12.5 Å². The summed E-state index contributed by atoms with van der Waals surface area (Å²) in [6.45, 7) is 1.62. The van der Waals surface area contributed by atoms with Crippen LogP contribution in [0.3, 0.4) is 0 Å². The fraction of sp³-hybridized carbons (Fsp3) is 0.136. The molecule has 3 aromatic rings. The van der Waals surface area contributed by atoms with Crippen molar-refractivity contribution in [3.63, 3.8) is 0 Å². The highest BCUT2D eigenvalue weighted by Gasteiger charge is 2.30. The fourth-order valence-electron chi connectivity index (χ4n) is 2.69. The molecule has 0 aromatic heterocycles.